The maximum atomic E-state index is 10.7. The van der Waals surface area contributed by atoms with E-state index in [9.17, 15) is 4.79 Å². The van der Waals surface area contributed by atoms with Crippen LogP contribution in [0.1, 0.15) is 35.2 Å². The number of carboxylic acid groups (broad SMARTS) is 1. The molecule has 7 heteroatoms. The second-order valence-electron chi connectivity index (χ2n) is 4.44. The maximum Gasteiger partial charge on any atom is 0.346 e. The van der Waals surface area contributed by atoms with Crippen LogP contribution >= 0.6 is 11.3 Å². The van der Waals surface area contributed by atoms with E-state index in [2.05, 4.69) is 24.0 Å². The van der Waals surface area contributed by atoms with Crippen molar-refractivity contribution < 1.29 is 19.2 Å². The smallest absolute Gasteiger partial charge is 0.346 e. The van der Waals surface area contributed by atoms with E-state index in [1.165, 1.54) is 6.07 Å². The summed E-state index contributed by atoms with van der Waals surface area (Å²) < 4.78 is 10.5. The Labute approximate surface area is 114 Å². The molecule has 0 saturated carbocycles. The minimum atomic E-state index is -0.960. The summed E-state index contributed by atoms with van der Waals surface area (Å²) in [4.78, 5) is 15.1. The van der Waals surface area contributed by atoms with Crippen molar-refractivity contribution >= 4 is 17.3 Å². The quantitative estimate of drug-likeness (QED) is 0.876. The van der Waals surface area contributed by atoms with Gasteiger partial charge in [-0.25, -0.2) is 4.79 Å². The van der Waals surface area contributed by atoms with Gasteiger partial charge in [-0.3, -0.25) is 0 Å². The molecule has 0 saturated heterocycles. The van der Waals surface area contributed by atoms with Gasteiger partial charge in [0.05, 0.1) is 0 Å². The van der Waals surface area contributed by atoms with Gasteiger partial charge in [-0.1, -0.05) is 19.0 Å². The molecule has 0 bridgehead atoms. The topological polar surface area (TPSA) is 85.5 Å². The number of nitrogens with zero attached hydrogens (tertiary/aromatic N) is 2. The van der Waals surface area contributed by atoms with Crippen molar-refractivity contribution in [2.45, 2.75) is 26.9 Å². The van der Waals surface area contributed by atoms with Crippen LogP contribution in [0.4, 0.5) is 0 Å². The Morgan fingerprint density at radius 3 is 3.00 bits per heavy atom. The predicted molar refractivity (Wildman–Crippen MR) is 68.5 cm³/mol. The lowest BCUT2D eigenvalue weighted by Gasteiger charge is -1.98. The van der Waals surface area contributed by atoms with Crippen LogP contribution in [-0.2, 0) is 13.0 Å². The largest absolute Gasteiger partial charge is 0.485 e. The number of aromatic carboxylic acids is 1. The van der Waals surface area contributed by atoms with Crippen LogP contribution in [0.25, 0.3) is 0 Å². The van der Waals surface area contributed by atoms with Gasteiger partial charge in [0.25, 0.3) is 0 Å². The van der Waals surface area contributed by atoms with Gasteiger partial charge in [0.15, 0.2) is 6.61 Å². The van der Waals surface area contributed by atoms with Gasteiger partial charge in [0.2, 0.25) is 11.7 Å². The fourth-order valence-corrected chi connectivity index (χ4v) is 2.10. The first-order valence-corrected chi connectivity index (χ1v) is 6.68. The molecule has 0 radical (unpaired) electrons. The third kappa shape index (κ3) is 3.78. The van der Waals surface area contributed by atoms with E-state index in [4.69, 9.17) is 14.4 Å². The van der Waals surface area contributed by atoms with Crippen molar-refractivity contribution in [3.05, 3.63) is 28.0 Å². The van der Waals surface area contributed by atoms with Crippen LogP contribution in [0.5, 0.6) is 5.75 Å². The summed E-state index contributed by atoms with van der Waals surface area (Å²) in [5.74, 6) is 1.03. The summed E-state index contributed by atoms with van der Waals surface area (Å²) >= 11 is 1.12. The van der Waals surface area contributed by atoms with Crippen LogP contribution in [0.15, 0.2) is 16.0 Å². The summed E-state index contributed by atoms with van der Waals surface area (Å²) in [5.41, 5.74) is 0. The van der Waals surface area contributed by atoms with Crippen molar-refractivity contribution in [2.24, 2.45) is 5.92 Å². The zero-order valence-corrected chi connectivity index (χ0v) is 11.4. The first-order chi connectivity index (χ1) is 9.04. The van der Waals surface area contributed by atoms with Gasteiger partial charge >= 0.3 is 5.97 Å². The van der Waals surface area contributed by atoms with Gasteiger partial charge in [-0.2, -0.15) is 4.98 Å². The summed E-state index contributed by atoms with van der Waals surface area (Å²) in [5, 5.41) is 14.2. The summed E-state index contributed by atoms with van der Waals surface area (Å²) in [7, 11) is 0. The Bertz CT molecular complexity index is 562. The highest BCUT2D eigenvalue weighted by Gasteiger charge is 2.11. The van der Waals surface area contributed by atoms with Crippen molar-refractivity contribution in [3.8, 4) is 5.75 Å². The lowest BCUT2D eigenvalue weighted by atomic mass is 10.1. The van der Waals surface area contributed by atoms with Crippen LogP contribution < -0.4 is 4.74 Å². The third-order valence-corrected chi connectivity index (χ3v) is 3.14. The SMILES string of the molecule is CC(C)Cc1nc(COc2csc(C(=O)O)c2)no1. The molecule has 0 atom stereocenters. The number of hydrogen-bond acceptors (Lipinski definition) is 6. The van der Waals surface area contributed by atoms with E-state index < -0.39 is 5.97 Å². The van der Waals surface area contributed by atoms with Crippen molar-refractivity contribution in [1.29, 1.82) is 0 Å². The minimum Gasteiger partial charge on any atom is -0.485 e. The highest BCUT2D eigenvalue weighted by molar-refractivity contribution is 7.12. The van der Waals surface area contributed by atoms with Crippen molar-refractivity contribution in [1.82, 2.24) is 10.1 Å². The van der Waals surface area contributed by atoms with E-state index in [0.29, 0.717) is 23.4 Å². The molecular weight excluding hydrogens is 268 g/mol. The summed E-state index contributed by atoms with van der Waals surface area (Å²) in [6, 6.07) is 1.47. The molecule has 0 fully saturated rings. The molecule has 2 aromatic rings. The van der Waals surface area contributed by atoms with Gasteiger partial charge in [0, 0.05) is 17.9 Å². The van der Waals surface area contributed by atoms with Gasteiger partial charge in [-0.15, -0.1) is 11.3 Å². The number of aromatic nitrogens is 2. The zero-order chi connectivity index (χ0) is 13.8. The number of rotatable bonds is 6. The highest BCUT2D eigenvalue weighted by atomic mass is 32.1. The molecule has 2 heterocycles. The Morgan fingerprint density at radius 1 is 1.58 bits per heavy atom. The van der Waals surface area contributed by atoms with Crippen LogP contribution in [0, 0.1) is 5.92 Å². The lowest BCUT2D eigenvalue weighted by Crippen LogP contribution is -1.98. The average Bonchev–Trinajstić information content (AvgIpc) is 2.94. The summed E-state index contributed by atoms with van der Waals surface area (Å²) in [6.07, 6.45) is 0.731. The second kappa shape index (κ2) is 5.83. The standard InChI is InChI=1S/C12H14N2O4S/c1-7(2)3-11-13-10(14-18-11)5-17-8-4-9(12(15)16)19-6-8/h4,6-7H,3,5H2,1-2H3,(H,15,16). The van der Waals surface area contributed by atoms with E-state index >= 15 is 0 Å². The lowest BCUT2D eigenvalue weighted by molar-refractivity contribution is 0.0702. The highest BCUT2D eigenvalue weighted by Crippen LogP contribution is 2.22. The molecule has 19 heavy (non-hydrogen) atoms. The molecule has 0 aliphatic heterocycles. The Hall–Kier alpha value is -1.89. The number of carboxylic acids is 1. The minimum absolute atomic E-state index is 0.164. The van der Waals surface area contributed by atoms with Gasteiger partial charge in [0.1, 0.15) is 10.6 Å². The fraction of sp³-hybridized carbons (Fsp3) is 0.417. The number of carbonyl (C=O) groups is 1. The fourth-order valence-electron chi connectivity index (χ4n) is 1.44. The van der Waals surface area contributed by atoms with E-state index in [1.54, 1.807) is 5.38 Å². The monoisotopic (exact) mass is 282 g/mol. The number of ether oxygens (including phenoxy) is 1. The normalized spacial score (nSPS) is 10.9. The molecule has 0 amide bonds. The van der Waals surface area contributed by atoms with Crippen LogP contribution in [0.3, 0.4) is 0 Å². The predicted octanol–water partition coefficient (Wildman–Crippen LogP) is 2.61. The molecule has 102 valence electrons. The molecule has 2 rings (SSSR count). The molecule has 0 aliphatic carbocycles. The molecule has 0 spiro atoms. The van der Waals surface area contributed by atoms with Crippen LogP contribution in [-0.4, -0.2) is 21.2 Å². The molecule has 0 unspecified atom stereocenters. The Morgan fingerprint density at radius 2 is 2.37 bits per heavy atom. The van der Waals surface area contributed by atoms with Crippen molar-refractivity contribution in [3.63, 3.8) is 0 Å². The second-order valence-corrected chi connectivity index (χ2v) is 5.35. The van der Waals surface area contributed by atoms with E-state index in [1.807, 2.05) is 0 Å². The molecular formula is C12H14N2O4S. The molecule has 0 aliphatic rings. The molecule has 2 aromatic heterocycles. The summed E-state index contributed by atoms with van der Waals surface area (Å²) in [6.45, 7) is 4.30. The first kappa shape index (κ1) is 13.5. The molecule has 1 N–H and O–H groups in total. The Balaban J connectivity index is 1.90. The van der Waals surface area contributed by atoms with E-state index in [0.717, 1.165) is 17.8 Å². The van der Waals surface area contributed by atoms with E-state index in [-0.39, 0.29) is 11.5 Å². The molecule has 0 aromatic carbocycles. The first-order valence-electron chi connectivity index (χ1n) is 5.80. The van der Waals surface area contributed by atoms with Gasteiger partial charge < -0.3 is 14.4 Å². The third-order valence-electron chi connectivity index (χ3n) is 2.25. The number of hydrogen-bond donors (Lipinski definition) is 1. The average molecular weight is 282 g/mol. The Kier molecular flexibility index (Phi) is 4.16. The van der Waals surface area contributed by atoms with Crippen LogP contribution in [0.2, 0.25) is 0 Å². The zero-order valence-electron chi connectivity index (χ0n) is 10.6. The van der Waals surface area contributed by atoms with Gasteiger partial charge in [-0.05, 0) is 5.92 Å². The van der Waals surface area contributed by atoms with Crippen molar-refractivity contribution in [2.75, 3.05) is 0 Å². The molecule has 6 nitrogen and oxygen atoms in total. The number of thiophene rings is 1. The maximum absolute atomic E-state index is 10.7.